The first kappa shape index (κ1) is 24.6. The van der Waals surface area contributed by atoms with Crippen molar-refractivity contribution in [1.29, 1.82) is 0 Å². The zero-order chi connectivity index (χ0) is 22.8. The Morgan fingerprint density at radius 3 is 1.27 bits per heavy atom. The van der Waals surface area contributed by atoms with E-state index in [-0.39, 0.29) is 26.4 Å². The summed E-state index contributed by atoms with van der Waals surface area (Å²) in [4.78, 5) is 63.0. The molecule has 0 atom stereocenters. The Balaban J connectivity index is 4.14. The summed E-state index contributed by atoms with van der Waals surface area (Å²) in [5.74, 6) is -5.33. The highest BCUT2D eigenvalue weighted by atomic mass is 16.6. The number of benzene rings is 1. The molecule has 0 radical (unpaired) electrons. The van der Waals surface area contributed by atoms with Crippen LogP contribution in [-0.4, -0.2) is 63.4 Å². The monoisotopic (exact) mass is 424 g/mol. The summed E-state index contributed by atoms with van der Waals surface area (Å²) >= 11 is 0. The molecule has 0 saturated heterocycles. The number of esters is 5. The van der Waals surface area contributed by atoms with Gasteiger partial charge in [0.05, 0.1) is 61.4 Å². The minimum absolute atomic E-state index is 0.0526. The van der Waals surface area contributed by atoms with Crippen molar-refractivity contribution in [3.05, 3.63) is 33.9 Å². The molecule has 0 amide bonds. The summed E-state index contributed by atoms with van der Waals surface area (Å²) in [6, 6.07) is 0.936. The molecule has 0 aliphatic rings. The van der Waals surface area contributed by atoms with Gasteiger partial charge in [-0.2, -0.15) is 0 Å². The van der Waals surface area contributed by atoms with Crippen LogP contribution in [0.4, 0.5) is 0 Å². The standard InChI is InChI=1S/C20H24O10/c1-6-27-17(22)12-10-11(16(21)26-5)13(18(23)28-7-2)15(20(25)30-9-4)14(12)19(24)29-8-3/h10H,6-9H2,1-5H3. The second kappa shape index (κ2) is 11.5. The fraction of sp³-hybridized carbons (Fsp3) is 0.450. The summed E-state index contributed by atoms with van der Waals surface area (Å²) in [5.41, 5.74) is -2.69. The minimum Gasteiger partial charge on any atom is -0.465 e. The fourth-order valence-corrected chi connectivity index (χ4v) is 2.56. The molecule has 1 aromatic carbocycles. The Bertz CT molecular complexity index is 840. The first-order valence-corrected chi connectivity index (χ1v) is 9.26. The van der Waals surface area contributed by atoms with Crippen LogP contribution in [0.3, 0.4) is 0 Å². The van der Waals surface area contributed by atoms with Crippen LogP contribution in [0.25, 0.3) is 0 Å². The number of ether oxygens (including phenoxy) is 5. The van der Waals surface area contributed by atoms with Gasteiger partial charge >= 0.3 is 29.8 Å². The van der Waals surface area contributed by atoms with Crippen LogP contribution in [0.15, 0.2) is 6.07 Å². The maximum Gasteiger partial charge on any atom is 0.339 e. The molecule has 0 fully saturated rings. The number of carbonyl (C=O) groups excluding carboxylic acids is 5. The number of rotatable bonds is 9. The smallest absolute Gasteiger partial charge is 0.339 e. The fourth-order valence-electron chi connectivity index (χ4n) is 2.56. The van der Waals surface area contributed by atoms with Crippen molar-refractivity contribution < 1.29 is 47.7 Å². The van der Waals surface area contributed by atoms with Gasteiger partial charge in [0.25, 0.3) is 0 Å². The lowest BCUT2D eigenvalue weighted by atomic mass is 9.90. The van der Waals surface area contributed by atoms with E-state index in [0.717, 1.165) is 13.2 Å². The molecule has 1 rings (SSSR count). The van der Waals surface area contributed by atoms with Crippen molar-refractivity contribution in [3.63, 3.8) is 0 Å². The number of carbonyl (C=O) groups is 5. The highest BCUT2D eigenvalue weighted by Crippen LogP contribution is 2.28. The molecule has 0 spiro atoms. The van der Waals surface area contributed by atoms with Gasteiger partial charge in [0.15, 0.2) is 0 Å². The van der Waals surface area contributed by atoms with Crippen LogP contribution >= 0.6 is 0 Å². The second-order valence-electron chi connectivity index (χ2n) is 5.47. The lowest BCUT2D eigenvalue weighted by Crippen LogP contribution is -2.27. The molecule has 164 valence electrons. The molecule has 0 N–H and O–H groups in total. The summed E-state index contributed by atoms with van der Waals surface area (Å²) < 4.78 is 24.5. The second-order valence-corrected chi connectivity index (χ2v) is 5.47. The molecule has 10 nitrogen and oxygen atoms in total. The van der Waals surface area contributed by atoms with Gasteiger partial charge in [-0.15, -0.1) is 0 Å². The van der Waals surface area contributed by atoms with Gasteiger partial charge in [0.1, 0.15) is 0 Å². The summed E-state index contributed by atoms with van der Waals surface area (Å²) in [5, 5.41) is 0. The van der Waals surface area contributed by atoms with Gasteiger partial charge in [-0.3, -0.25) is 0 Å². The van der Waals surface area contributed by atoms with Crippen molar-refractivity contribution in [3.8, 4) is 0 Å². The topological polar surface area (TPSA) is 132 Å². The van der Waals surface area contributed by atoms with Crippen molar-refractivity contribution in [2.24, 2.45) is 0 Å². The molecule has 0 aliphatic heterocycles. The molecule has 30 heavy (non-hydrogen) atoms. The number of hydrogen-bond donors (Lipinski definition) is 0. The van der Waals surface area contributed by atoms with Crippen molar-refractivity contribution in [2.75, 3.05) is 33.5 Å². The molecule has 0 heterocycles. The van der Waals surface area contributed by atoms with Crippen LogP contribution in [0.2, 0.25) is 0 Å². The average molecular weight is 424 g/mol. The molecule has 0 aromatic heterocycles. The van der Waals surface area contributed by atoms with E-state index < -0.39 is 57.7 Å². The first-order chi connectivity index (χ1) is 14.3. The summed E-state index contributed by atoms with van der Waals surface area (Å²) in [6.45, 7) is 5.72. The molecule has 0 bridgehead atoms. The van der Waals surface area contributed by atoms with E-state index in [1.165, 1.54) is 27.7 Å². The van der Waals surface area contributed by atoms with E-state index in [9.17, 15) is 24.0 Å². The highest BCUT2D eigenvalue weighted by molar-refractivity contribution is 6.18. The Morgan fingerprint density at radius 1 is 0.567 bits per heavy atom. The van der Waals surface area contributed by atoms with Crippen LogP contribution in [-0.2, 0) is 23.7 Å². The molecule has 0 aliphatic carbocycles. The number of methoxy groups -OCH3 is 1. The summed E-state index contributed by atoms with van der Waals surface area (Å²) in [7, 11) is 1.05. The predicted molar refractivity (Wildman–Crippen MR) is 102 cm³/mol. The predicted octanol–water partition coefficient (Wildman–Crippen LogP) is 2.18. The van der Waals surface area contributed by atoms with Gasteiger partial charge in [-0.25, -0.2) is 24.0 Å². The van der Waals surface area contributed by atoms with Gasteiger partial charge in [-0.1, -0.05) is 0 Å². The average Bonchev–Trinajstić information content (AvgIpc) is 2.72. The molecule has 0 unspecified atom stereocenters. The Kier molecular flexibility index (Phi) is 9.47. The van der Waals surface area contributed by atoms with E-state index in [0.29, 0.717) is 0 Å². The SMILES string of the molecule is CCOC(=O)c1cc(C(=O)OC)c(C(=O)OCC)c(C(=O)OCC)c1C(=O)OCC. The molecular weight excluding hydrogens is 400 g/mol. The van der Waals surface area contributed by atoms with E-state index >= 15 is 0 Å². The molecular formula is C20H24O10. The molecule has 1 aromatic rings. The Morgan fingerprint density at radius 2 is 0.900 bits per heavy atom. The van der Waals surface area contributed by atoms with Crippen LogP contribution in [0.5, 0.6) is 0 Å². The zero-order valence-electron chi connectivity index (χ0n) is 17.5. The van der Waals surface area contributed by atoms with Gasteiger partial charge in [0.2, 0.25) is 0 Å². The van der Waals surface area contributed by atoms with Gasteiger partial charge in [-0.05, 0) is 33.8 Å². The van der Waals surface area contributed by atoms with Gasteiger partial charge < -0.3 is 23.7 Å². The first-order valence-electron chi connectivity index (χ1n) is 9.26. The number of hydrogen-bond acceptors (Lipinski definition) is 10. The Hall–Kier alpha value is -3.43. The third-order valence-corrected chi connectivity index (χ3v) is 3.67. The maximum atomic E-state index is 12.8. The minimum atomic E-state index is -1.13. The third-order valence-electron chi connectivity index (χ3n) is 3.67. The zero-order valence-corrected chi connectivity index (χ0v) is 17.5. The van der Waals surface area contributed by atoms with E-state index in [2.05, 4.69) is 4.74 Å². The Labute approximate surface area is 173 Å². The largest absolute Gasteiger partial charge is 0.465 e. The lowest BCUT2D eigenvalue weighted by Gasteiger charge is -2.18. The van der Waals surface area contributed by atoms with Crippen molar-refractivity contribution in [1.82, 2.24) is 0 Å². The van der Waals surface area contributed by atoms with Crippen LogP contribution in [0.1, 0.15) is 79.5 Å². The molecule has 0 saturated carbocycles. The maximum absolute atomic E-state index is 12.8. The quantitative estimate of drug-likeness (QED) is 0.429. The summed E-state index contributed by atoms with van der Waals surface area (Å²) in [6.07, 6.45) is 0. The lowest BCUT2D eigenvalue weighted by molar-refractivity contribution is 0.0438. The van der Waals surface area contributed by atoms with E-state index in [1.54, 1.807) is 0 Å². The van der Waals surface area contributed by atoms with Crippen LogP contribution in [0, 0.1) is 0 Å². The van der Waals surface area contributed by atoms with Crippen molar-refractivity contribution >= 4 is 29.8 Å². The molecule has 10 heteroatoms. The van der Waals surface area contributed by atoms with E-state index in [4.69, 9.17) is 18.9 Å². The van der Waals surface area contributed by atoms with Crippen molar-refractivity contribution in [2.45, 2.75) is 27.7 Å². The highest BCUT2D eigenvalue weighted by Gasteiger charge is 2.37. The third kappa shape index (κ3) is 5.34. The van der Waals surface area contributed by atoms with Crippen LogP contribution < -0.4 is 0 Å². The van der Waals surface area contributed by atoms with Gasteiger partial charge in [0, 0.05) is 0 Å². The normalized spacial score (nSPS) is 10.0. The van der Waals surface area contributed by atoms with E-state index in [1.807, 2.05) is 0 Å².